The Morgan fingerprint density at radius 2 is 1.88 bits per heavy atom. The van der Waals surface area contributed by atoms with E-state index in [9.17, 15) is 27.8 Å². The van der Waals surface area contributed by atoms with Crippen LogP contribution in [0.3, 0.4) is 0 Å². The lowest BCUT2D eigenvalue weighted by atomic mass is 9.69. The lowest BCUT2D eigenvalue weighted by Crippen LogP contribution is -2.33. The van der Waals surface area contributed by atoms with Crippen LogP contribution in [-0.2, 0) is 14.8 Å². The first-order valence-electron chi connectivity index (χ1n) is 11.0. The zero-order valence-corrected chi connectivity index (χ0v) is 20.5. The molecule has 0 saturated carbocycles. The normalized spacial score (nSPS) is 19.3. The van der Waals surface area contributed by atoms with Gasteiger partial charge in [0.15, 0.2) is 0 Å². The molecule has 3 N–H and O–H groups in total. The van der Waals surface area contributed by atoms with Crippen molar-refractivity contribution in [2.75, 3.05) is 17.6 Å². The van der Waals surface area contributed by atoms with E-state index < -0.39 is 52.3 Å². The smallest absolute Gasteiger partial charge is 0.305 e. The van der Waals surface area contributed by atoms with Crippen LogP contribution in [0.2, 0.25) is 0 Å². The molecule has 0 radical (unpaired) electrons. The highest BCUT2D eigenvalue weighted by Crippen LogP contribution is 2.50. The van der Waals surface area contributed by atoms with Crippen LogP contribution in [0.4, 0.5) is 10.3 Å². The number of carbonyl (C=O) groups is 1. The Kier molecular flexibility index (Phi) is 7.30. The first kappa shape index (κ1) is 26.0. The summed E-state index contributed by atoms with van der Waals surface area (Å²) >= 11 is 0. The third-order valence-electron chi connectivity index (χ3n) is 6.25. The number of halogens is 1. The van der Waals surface area contributed by atoms with Crippen LogP contribution in [-0.4, -0.2) is 65.2 Å². The zero-order valence-electron chi connectivity index (χ0n) is 19.7. The van der Waals surface area contributed by atoms with Crippen molar-refractivity contribution in [3.8, 4) is 11.3 Å². The fraction of sp³-hybridized carbons (Fsp3) is 0.522. The zero-order chi connectivity index (χ0) is 25.5. The number of fused-ring (bicyclic) bond motifs is 3. The second-order valence-corrected chi connectivity index (χ2v) is 11.2. The van der Waals surface area contributed by atoms with Gasteiger partial charge in [-0.2, -0.15) is 0 Å². The summed E-state index contributed by atoms with van der Waals surface area (Å²) in [6, 6.07) is 4.09. The van der Waals surface area contributed by atoms with E-state index in [0.29, 0.717) is 28.1 Å². The molecular formula is C23H30FN3O6S. The number of aromatic nitrogens is 2. The first-order chi connectivity index (χ1) is 15.7. The molecule has 1 heterocycles. The van der Waals surface area contributed by atoms with Crippen molar-refractivity contribution >= 4 is 21.9 Å². The van der Waals surface area contributed by atoms with Gasteiger partial charge in [0.05, 0.1) is 36.3 Å². The van der Waals surface area contributed by atoms with E-state index in [-0.39, 0.29) is 18.3 Å². The highest BCUT2D eigenvalue weighted by molar-refractivity contribution is 7.92. The number of hydrogen-bond donors (Lipinski definition) is 3. The summed E-state index contributed by atoms with van der Waals surface area (Å²) in [7, 11) is -2.28. The second-order valence-electron chi connectivity index (χ2n) is 9.16. The number of aliphatic carboxylic acids is 1. The molecule has 1 aromatic heterocycles. The maximum atomic E-state index is 14.3. The SMILES string of the molecule is CC(C)c1nc(N(C)S(C)(=O)=O)nc2c1C(C)[C@H]([C@@H](O)C[C@@H](O)CC(=O)O)c1cc(F)ccc1-2. The van der Waals surface area contributed by atoms with Gasteiger partial charge in [-0.25, -0.2) is 27.1 Å². The van der Waals surface area contributed by atoms with E-state index >= 15 is 0 Å². The third kappa shape index (κ3) is 5.06. The van der Waals surface area contributed by atoms with Crippen LogP contribution in [0.1, 0.15) is 68.2 Å². The Bertz CT molecular complexity index is 1200. The van der Waals surface area contributed by atoms with Gasteiger partial charge in [-0.15, -0.1) is 0 Å². The molecule has 3 rings (SSSR count). The molecule has 0 amide bonds. The number of sulfonamides is 1. The predicted octanol–water partition coefficient (Wildman–Crippen LogP) is 2.59. The molecule has 0 aliphatic heterocycles. The Hall–Kier alpha value is -2.63. The Balaban J connectivity index is 2.22. The molecule has 0 bridgehead atoms. The topological polar surface area (TPSA) is 141 Å². The fourth-order valence-corrected chi connectivity index (χ4v) is 4.96. The summed E-state index contributed by atoms with van der Waals surface area (Å²) in [5.41, 5.74) is 2.74. The highest BCUT2D eigenvalue weighted by Gasteiger charge is 2.40. The van der Waals surface area contributed by atoms with Crippen LogP contribution < -0.4 is 4.31 Å². The third-order valence-corrected chi connectivity index (χ3v) is 7.41. The van der Waals surface area contributed by atoms with Gasteiger partial charge in [-0.3, -0.25) is 4.79 Å². The van der Waals surface area contributed by atoms with E-state index in [0.717, 1.165) is 10.6 Å². The average Bonchev–Trinajstić information content (AvgIpc) is 2.70. The van der Waals surface area contributed by atoms with Gasteiger partial charge in [-0.05, 0) is 35.6 Å². The quantitative estimate of drug-likeness (QED) is 0.508. The maximum Gasteiger partial charge on any atom is 0.305 e. The second kappa shape index (κ2) is 9.55. The van der Waals surface area contributed by atoms with Crippen LogP contribution in [0.25, 0.3) is 11.3 Å². The van der Waals surface area contributed by atoms with Crippen molar-refractivity contribution in [1.82, 2.24) is 9.97 Å². The lowest BCUT2D eigenvalue weighted by molar-refractivity contribution is -0.139. The molecule has 0 fully saturated rings. The fourth-order valence-electron chi connectivity index (χ4n) is 4.58. The Labute approximate surface area is 198 Å². The van der Waals surface area contributed by atoms with Gasteiger partial charge < -0.3 is 15.3 Å². The molecule has 1 aromatic carbocycles. The van der Waals surface area contributed by atoms with Crippen LogP contribution >= 0.6 is 0 Å². The van der Waals surface area contributed by atoms with E-state index in [1.165, 1.54) is 25.2 Å². The number of carboxylic acid groups (broad SMARTS) is 1. The molecule has 11 heteroatoms. The van der Waals surface area contributed by atoms with Gasteiger partial charge in [0.1, 0.15) is 5.82 Å². The molecule has 4 atom stereocenters. The molecule has 186 valence electrons. The number of nitrogens with zero attached hydrogens (tertiary/aromatic N) is 3. The average molecular weight is 496 g/mol. The summed E-state index contributed by atoms with van der Waals surface area (Å²) in [6.45, 7) is 5.64. The Morgan fingerprint density at radius 3 is 2.44 bits per heavy atom. The number of benzene rings is 1. The van der Waals surface area contributed by atoms with Gasteiger partial charge in [0.25, 0.3) is 0 Å². The molecule has 0 saturated heterocycles. The Morgan fingerprint density at radius 1 is 1.24 bits per heavy atom. The van der Waals surface area contributed by atoms with Gasteiger partial charge >= 0.3 is 5.97 Å². The number of rotatable bonds is 8. The standard InChI is InChI=1S/C23H30FN3O6S/c1-11(2)21-20-12(3)19(17(29)9-14(28)10-18(30)31)16-8-13(24)6-7-15(16)22(20)26-23(25-21)27(4)34(5,32)33/h6-8,11-12,14,17,19,28-29H,9-10H2,1-5H3,(H,30,31)/t12?,14-,17+,19+/m1/s1. The van der Waals surface area contributed by atoms with Crippen LogP contribution in [0.15, 0.2) is 18.2 Å². The van der Waals surface area contributed by atoms with Gasteiger partial charge in [-0.1, -0.05) is 20.8 Å². The summed E-state index contributed by atoms with van der Waals surface area (Å²) in [5.74, 6) is -2.94. The van der Waals surface area contributed by atoms with Crippen molar-refractivity contribution < 1.29 is 32.9 Å². The maximum absolute atomic E-state index is 14.3. The summed E-state index contributed by atoms with van der Waals surface area (Å²) in [6.07, 6.45) is -2.13. The molecule has 9 nitrogen and oxygen atoms in total. The summed E-state index contributed by atoms with van der Waals surface area (Å²) < 4.78 is 39.6. The molecule has 1 unspecified atom stereocenters. The molecule has 2 aromatic rings. The van der Waals surface area contributed by atoms with Crippen LogP contribution in [0, 0.1) is 5.82 Å². The lowest BCUT2D eigenvalue weighted by Gasteiger charge is -2.38. The first-order valence-corrected chi connectivity index (χ1v) is 12.8. The number of carboxylic acids is 1. The highest BCUT2D eigenvalue weighted by atomic mass is 32.2. The van der Waals surface area contributed by atoms with Gasteiger partial charge in [0, 0.05) is 30.5 Å². The summed E-state index contributed by atoms with van der Waals surface area (Å²) in [4.78, 5) is 20.0. The minimum Gasteiger partial charge on any atom is -0.481 e. The van der Waals surface area contributed by atoms with Crippen molar-refractivity contribution in [2.24, 2.45) is 0 Å². The molecule has 1 aliphatic rings. The van der Waals surface area contributed by atoms with Crippen molar-refractivity contribution in [1.29, 1.82) is 0 Å². The van der Waals surface area contributed by atoms with Crippen molar-refractivity contribution in [3.05, 3.63) is 40.8 Å². The molecular weight excluding hydrogens is 465 g/mol. The number of aliphatic hydroxyl groups is 2. The monoisotopic (exact) mass is 495 g/mol. The predicted molar refractivity (Wildman–Crippen MR) is 125 cm³/mol. The van der Waals surface area contributed by atoms with Crippen molar-refractivity contribution in [3.63, 3.8) is 0 Å². The van der Waals surface area contributed by atoms with E-state index in [1.54, 1.807) is 0 Å². The van der Waals surface area contributed by atoms with E-state index in [2.05, 4.69) is 9.97 Å². The number of hydrogen-bond acceptors (Lipinski definition) is 7. The molecule has 1 aliphatic carbocycles. The number of aliphatic hydroxyl groups excluding tert-OH is 2. The summed E-state index contributed by atoms with van der Waals surface area (Å²) in [5, 5.41) is 30.1. The molecule has 0 spiro atoms. The van der Waals surface area contributed by atoms with Gasteiger partial charge in [0.2, 0.25) is 16.0 Å². The number of anilines is 1. The minimum absolute atomic E-state index is 0.0108. The van der Waals surface area contributed by atoms with Crippen molar-refractivity contribution in [2.45, 2.75) is 63.6 Å². The largest absolute Gasteiger partial charge is 0.481 e. The van der Waals surface area contributed by atoms with E-state index in [1.807, 2.05) is 20.8 Å². The van der Waals surface area contributed by atoms with E-state index in [4.69, 9.17) is 5.11 Å². The molecule has 34 heavy (non-hydrogen) atoms. The van der Waals surface area contributed by atoms with Crippen LogP contribution in [0.5, 0.6) is 0 Å². The minimum atomic E-state index is -3.64.